The van der Waals surface area contributed by atoms with Crippen molar-refractivity contribution in [3.63, 3.8) is 0 Å². The van der Waals surface area contributed by atoms with E-state index in [1.54, 1.807) is 17.0 Å². The summed E-state index contributed by atoms with van der Waals surface area (Å²) in [5, 5.41) is 25.1. The lowest BCUT2D eigenvalue weighted by molar-refractivity contribution is -0.138. The fourth-order valence-corrected chi connectivity index (χ4v) is 1.88. The number of hydrogen-bond acceptors (Lipinski definition) is 4. The van der Waals surface area contributed by atoms with E-state index in [1.165, 1.54) is 12.1 Å². The van der Waals surface area contributed by atoms with Crippen molar-refractivity contribution < 1.29 is 19.8 Å². The molecule has 8 heteroatoms. The second kappa shape index (κ2) is 7.99. The van der Waals surface area contributed by atoms with Gasteiger partial charge < -0.3 is 26.6 Å². The topological polar surface area (TPSA) is 154 Å². The maximum absolute atomic E-state index is 10.8. The van der Waals surface area contributed by atoms with Gasteiger partial charge in [-0.15, -0.1) is 0 Å². The maximum Gasteiger partial charge on any atom is 0.335 e. The van der Waals surface area contributed by atoms with E-state index < -0.39 is 18.0 Å². The predicted molar refractivity (Wildman–Crippen MR) is 80.6 cm³/mol. The smallest absolute Gasteiger partial charge is 0.335 e. The van der Waals surface area contributed by atoms with Crippen LogP contribution >= 0.6 is 0 Å². The number of nitrogens with one attached hydrogen (secondary N) is 1. The van der Waals surface area contributed by atoms with Gasteiger partial charge in [0.05, 0.1) is 5.56 Å². The van der Waals surface area contributed by atoms with E-state index in [1.807, 2.05) is 0 Å². The van der Waals surface area contributed by atoms with Gasteiger partial charge in [-0.25, -0.2) is 4.79 Å². The summed E-state index contributed by atoms with van der Waals surface area (Å²) in [6.45, 7) is 0.745. The molecule has 0 aromatic heterocycles. The van der Waals surface area contributed by atoms with E-state index >= 15 is 0 Å². The Morgan fingerprint density at radius 3 is 2.27 bits per heavy atom. The molecule has 0 amide bonds. The zero-order chi connectivity index (χ0) is 16.7. The Morgan fingerprint density at radius 1 is 1.23 bits per heavy atom. The molecule has 1 aromatic carbocycles. The molecule has 22 heavy (non-hydrogen) atoms. The zero-order valence-corrected chi connectivity index (χ0v) is 12.0. The Kier molecular flexibility index (Phi) is 6.33. The van der Waals surface area contributed by atoms with Gasteiger partial charge in [0.15, 0.2) is 5.96 Å². The van der Waals surface area contributed by atoms with E-state index in [2.05, 4.69) is 0 Å². The van der Waals surface area contributed by atoms with Crippen LogP contribution in [-0.4, -0.2) is 45.6 Å². The molecule has 8 nitrogen and oxygen atoms in total. The Balaban J connectivity index is 2.58. The third kappa shape index (κ3) is 5.41. The van der Waals surface area contributed by atoms with Crippen molar-refractivity contribution in [2.75, 3.05) is 6.54 Å². The van der Waals surface area contributed by atoms with E-state index in [0.29, 0.717) is 19.5 Å². The van der Waals surface area contributed by atoms with Gasteiger partial charge in [0.1, 0.15) is 6.04 Å². The van der Waals surface area contributed by atoms with Crippen LogP contribution in [0.15, 0.2) is 24.3 Å². The second-order valence-electron chi connectivity index (χ2n) is 4.90. The lowest BCUT2D eigenvalue weighted by atomic mass is 10.1. The highest BCUT2D eigenvalue weighted by molar-refractivity contribution is 5.87. The second-order valence-corrected chi connectivity index (χ2v) is 4.90. The minimum Gasteiger partial charge on any atom is -0.480 e. The lowest BCUT2D eigenvalue weighted by Crippen LogP contribution is -2.38. The van der Waals surface area contributed by atoms with Crippen molar-refractivity contribution in [1.29, 1.82) is 5.41 Å². The number of aliphatic carboxylic acids is 1. The van der Waals surface area contributed by atoms with Crippen LogP contribution in [0.25, 0.3) is 0 Å². The molecule has 1 atom stereocenters. The van der Waals surface area contributed by atoms with Crippen molar-refractivity contribution >= 4 is 17.9 Å². The number of nitrogens with two attached hydrogens (primary N) is 2. The molecule has 0 saturated heterocycles. The average Bonchev–Trinajstić information content (AvgIpc) is 2.46. The summed E-state index contributed by atoms with van der Waals surface area (Å²) in [4.78, 5) is 23.0. The Morgan fingerprint density at radius 2 is 1.82 bits per heavy atom. The summed E-state index contributed by atoms with van der Waals surface area (Å²) in [6, 6.07) is 5.35. The third-order valence-electron chi connectivity index (χ3n) is 3.18. The number of benzene rings is 1. The van der Waals surface area contributed by atoms with Gasteiger partial charge in [0, 0.05) is 13.1 Å². The average molecular weight is 308 g/mol. The number of carbonyl (C=O) groups is 2. The van der Waals surface area contributed by atoms with Crippen LogP contribution in [0.2, 0.25) is 0 Å². The van der Waals surface area contributed by atoms with Gasteiger partial charge >= 0.3 is 11.9 Å². The summed E-state index contributed by atoms with van der Waals surface area (Å²) in [5.74, 6) is -2.19. The first-order valence-electron chi connectivity index (χ1n) is 6.71. The molecule has 0 aliphatic rings. The highest BCUT2D eigenvalue weighted by atomic mass is 16.4. The number of carboxylic acids is 2. The first-order chi connectivity index (χ1) is 10.3. The largest absolute Gasteiger partial charge is 0.480 e. The third-order valence-corrected chi connectivity index (χ3v) is 3.18. The molecular formula is C14H20N4O4. The Labute approximate surface area is 127 Å². The normalized spacial score (nSPS) is 11.7. The highest BCUT2D eigenvalue weighted by Crippen LogP contribution is 2.09. The molecule has 1 rings (SSSR count). The van der Waals surface area contributed by atoms with E-state index in [4.69, 9.17) is 27.1 Å². The number of nitrogens with zero attached hydrogens (tertiary/aromatic N) is 1. The molecule has 0 fully saturated rings. The van der Waals surface area contributed by atoms with Gasteiger partial charge in [-0.2, -0.15) is 0 Å². The molecule has 1 unspecified atom stereocenters. The van der Waals surface area contributed by atoms with Crippen LogP contribution in [0.4, 0.5) is 0 Å². The molecule has 7 N–H and O–H groups in total. The van der Waals surface area contributed by atoms with Gasteiger partial charge in [-0.05, 0) is 30.5 Å². The summed E-state index contributed by atoms with van der Waals surface area (Å²) in [6.07, 6.45) is 0.775. The molecule has 0 bridgehead atoms. The molecule has 1 aromatic rings. The predicted octanol–water partition coefficient (Wildman–Crippen LogP) is 0.272. The summed E-state index contributed by atoms with van der Waals surface area (Å²) in [5.41, 5.74) is 11.9. The van der Waals surface area contributed by atoms with Crippen molar-refractivity contribution in [3.8, 4) is 0 Å². The fraction of sp³-hybridized carbons (Fsp3) is 0.357. The lowest BCUT2D eigenvalue weighted by Gasteiger charge is -2.23. The Bertz CT molecular complexity index is 544. The molecule has 0 radical (unpaired) electrons. The quantitative estimate of drug-likeness (QED) is 0.341. The zero-order valence-electron chi connectivity index (χ0n) is 12.0. The van der Waals surface area contributed by atoms with Crippen LogP contribution in [0, 0.1) is 5.41 Å². The molecule has 0 aliphatic carbocycles. The van der Waals surface area contributed by atoms with Gasteiger partial charge in [-0.3, -0.25) is 10.2 Å². The van der Waals surface area contributed by atoms with E-state index in [-0.39, 0.29) is 17.9 Å². The molecule has 0 saturated carbocycles. The van der Waals surface area contributed by atoms with Crippen molar-refractivity contribution in [3.05, 3.63) is 35.4 Å². The minimum atomic E-state index is -1.06. The fourth-order valence-electron chi connectivity index (χ4n) is 1.88. The van der Waals surface area contributed by atoms with Crippen LogP contribution in [0.1, 0.15) is 28.8 Å². The molecular weight excluding hydrogens is 288 g/mol. The number of aromatic carboxylic acids is 1. The monoisotopic (exact) mass is 308 g/mol. The van der Waals surface area contributed by atoms with Crippen molar-refractivity contribution in [2.45, 2.75) is 25.4 Å². The molecule has 0 aliphatic heterocycles. The van der Waals surface area contributed by atoms with Gasteiger partial charge in [0.25, 0.3) is 0 Å². The van der Waals surface area contributed by atoms with Crippen LogP contribution < -0.4 is 11.5 Å². The van der Waals surface area contributed by atoms with Crippen LogP contribution in [0.5, 0.6) is 0 Å². The molecule has 0 heterocycles. The van der Waals surface area contributed by atoms with Crippen LogP contribution in [0.3, 0.4) is 0 Å². The summed E-state index contributed by atoms with van der Waals surface area (Å²) < 4.78 is 0. The van der Waals surface area contributed by atoms with Crippen LogP contribution in [-0.2, 0) is 11.3 Å². The molecule has 120 valence electrons. The van der Waals surface area contributed by atoms with Gasteiger partial charge in [0.2, 0.25) is 0 Å². The summed E-state index contributed by atoms with van der Waals surface area (Å²) in [7, 11) is 0. The van der Waals surface area contributed by atoms with Crippen molar-refractivity contribution in [2.24, 2.45) is 11.5 Å². The first-order valence-corrected chi connectivity index (χ1v) is 6.71. The molecule has 0 spiro atoms. The first kappa shape index (κ1) is 17.4. The van der Waals surface area contributed by atoms with Crippen molar-refractivity contribution in [1.82, 2.24) is 4.90 Å². The number of hydrogen-bond donors (Lipinski definition) is 5. The minimum absolute atomic E-state index is 0.133. The SMILES string of the molecule is N=C(N)N(CCCC(N)C(=O)O)Cc1ccc(C(=O)O)cc1. The highest BCUT2D eigenvalue weighted by Gasteiger charge is 2.13. The number of rotatable bonds is 8. The number of guanidine groups is 1. The standard InChI is InChI=1S/C14H20N4O4/c15-11(13(21)22)2-1-7-18(14(16)17)8-9-3-5-10(6-4-9)12(19)20/h3-6,11H,1-2,7-8,15H2,(H3,16,17)(H,19,20)(H,21,22). The summed E-state index contributed by atoms with van der Waals surface area (Å²) >= 11 is 0. The number of carboxylic acid groups (broad SMARTS) is 2. The van der Waals surface area contributed by atoms with Gasteiger partial charge in [-0.1, -0.05) is 12.1 Å². The van der Waals surface area contributed by atoms with E-state index in [0.717, 1.165) is 5.56 Å². The maximum atomic E-state index is 10.8. The van der Waals surface area contributed by atoms with E-state index in [9.17, 15) is 9.59 Å². The Hall–Kier alpha value is -2.61.